The summed E-state index contributed by atoms with van der Waals surface area (Å²) in [4.78, 5) is 10.0. The smallest absolute Gasteiger partial charge is 0.381 e. The molecular weight excluding hydrogens is 216 g/mol. The lowest BCUT2D eigenvalue weighted by Gasteiger charge is -2.24. The van der Waals surface area contributed by atoms with Gasteiger partial charge in [0, 0.05) is 40.4 Å². The van der Waals surface area contributed by atoms with Crippen molar-refractivity contribution in [2.75, 3.05) is 34.5 Å². The monoisotopic (exact) mass is 236 g/mol. The fourth-order valence-corrected chi connectivity index (χ4v) is 2.87. The van der Waals surface area contributed by atoms with Crippen molar-refractivity contribution in [3.8, 4) is 0 Å². The third-order valence-electron chi connectivity index (χ3n) is 2.08. The number of carbonyl (C=O) groups is 1. The van der Waals surface area contributed by atoms with Gasteiger partial charge in [0.25, 0.3) is 0 Å². The van der Waals surface area contributed by atoms with Crippen LogP contribution in [0.25, 0.3) is 0 Å². The molecule has 0 aromatic heterocycles. The van der Waals surface area contributed by atoms with E-state index in [2.05, 4.69) is 0 Å². The molecular formula is C9H20O5Si. The number of hydrogen-bond donors (Lipinski definition) is 0. The Labute approximate surface area is 92.0 Å². The van der Waals surface area contributed by atoms with Gasteiger partial charge in [-0.25, -0.2) is 0 Å². The Kier molecular flexibility index (Phi) is 8.83. The highest BCUT2D eigenvalue weighted by Crippen LogP contribution is 2.14. The Bertz CT molecular complexity index is 152. The van der Waals surface area contributed by atoms with Crippen LogP contribution < -0.4 is 0 Å². The van der Waals surface area contributed by atoms with Gasteiger partial charge in [-0.1, -0.05) is 0 Å². The van der Waals surface area contributed by atoms with Crippen LogP contribution in [0.1, 0.15) is 12.8 Å². The molecule has 15 heavy (non-hydrogen) atoms. The van der Waals surface area contributed by atoms with Gasteiger partial charge in [-0.2, -0.15) is 0 Å². The summed E-state index contributed by atoms with van der Waals surface area (Å²) >= 11 is 0. The Morgan fingerprint density at radius 1 is 1.07 bits per heavy atom. The van der Waals surface area contributed by atoms with Gasteiger partial charge in [-0.3, -0.25) is 0 Å². The zero-order chi connectivity index (χ0) is 11.6. The molecule has 0 bridgehead atoms. The van der Waals surface area contributed by atoms with E-state index in [1.165, 1.54) is 0 Å². The molecule has 0 fully saturated rings. The van der Waals surface area contributed by atoms with Gasteiger partial charge in [-0.05, 0) is 6.42 Å². The minimum absolute atomic E-state index is 0.446. The predicted octanol–water partition coefficient (Wildman–Crippen LogP) is 0.860. The van der Waals surface area contributed by atoms with Gasteiger partial charge < -0.3 is 22.8 Å². The van der Waals surface area contributed by atoms with Gasteiger partial charge in [0.2, 0.25) is 0 Å². The molecule has 0 amide bonds. The highest BCUT2D eigenvalue weighted by Gasteiger charge is 2.36. The largest absolute Gasteiger partial charge is 0.500 e. The van der Waals surface area contributed by atoms with Crippen LogP contribution in [0, 0.1) is 0 Å². The fraction of sp³-hybridized carbons (Fsp3) is 0.889. The summed E-state index contributed by atoms with van der Waals surface area (Å²) in [5.41, 5.74) is 0. The Morgan fingerprint density at radius 2 is 1.67 bits per heavy atom. The van der Waals surface area contributed by atoms with Crippen LogP contribution in [0.2, 0.25) is 6.04 Å². The van der Waals surface area contributed by atoms with Crippen LogP contribution in [-0.2, 0) is 22.8 Å². The lowest BCUT2D eigenvalue weighted by molar-refractivity contribution is -0.108. The zero-order valence-electron chi connectivity index (χ0n) is 9.65. The lowest BCUT2D eigenvalue weighted by Crippen LogP contribution is -2.42. The number of hydrogen-bond acceptors (Lipinski definition) is 5. The summed E-state index contributed by atoms with van der Waals surface area (Å²) < 4.78 is 21.0. The highest BCUT2D eigenvalue weighted by atomic mass is 28.4. The summed E-state index contributed by atoms with van der Waals surface area (Å²) in [6.45, 7) is 1.07. The average Bonchev–Trinajstić information content (AvgIpc) is 2.29. The molecule has 0 saturated carbocycles. The van der Waals surface area contributed by atoms with Crippen LogP contribution in [0.5, 0.6) is 0 Å². The lowest BCUT2D eigenvalue weighted by atomic mass is 10.5. The molecule has 6 heteroatoms. The van der Waals surface area contributed by atoms with Crippen molar-refractivity contribution in [1.82, 2.24) is 0 Å². The molecule has 0 aliphatic heterocycles. The van der Waals surface area contributed by atoms with Crippen molar-refractivity contribution in [3.05, 3.63) is 0 Å². The molecule has 0 rings (SSSR count). The maximum absolute atomic E-state index is 10.0. The predicted molar refractivity (Wildman–Crippen MR) is 57.7 cm³/mol. The molecule has 0 unspecified atom stereocenters. The third kappa shape index (κ3) is 6.01. The number of aldehydes is 1. The van der Waals surface area contributed by atoms with E-state index in [0.29, 0.717) is 19.6 Å². The Balaban J connectivity index is 3.58. The van der Waals surface area contributed by atoms with E-state index < -0.39 is 8.80 Å². The Morgan fingerprint density at radius 3 is 2.13 bits per heavy atom. The molecule has 0 aromatic rings. The molecule has 0 saturated heterocycles. The Hall–Kier alpha value is -0.273. The summed E-state index contributed by atoms with van der Waals surface area (Å²) in [5, 5.41) is 0. The second-order valence-corrected chi connectivity index (χ2v) is 6.06. The van der Waals surface area contributed by atoms with Crippen LogP contribution in [0.3, 0.4) is 0 Å². The molecule has 0 radical (unpaired) electrons. The van der Waals surface area contributed by atoms with Crippen molar-refractivity contribution in [2.24, 2.45) is 0 Å². The molecule has 90 valence electrons. The third-order valence-corrected chi connectivity index (χ3v) is 4.92. The molecule has 0 N–H and O–H groups in total. The number of rotatable bonds is 10. The first-order chi connectivity index (χ1) is 7.24. The summed E-state index contributed by atoms with van der Waals surface area (Å²) in [6.07, 6.45) is 2.10. The maximum Gasteiger partial charge on any atom is 0.500 e. The minimum Gasteiger partial charge on any atom is -0.381 e. The van der Waals surface area contributed by atoms with Crippen molar-refractivity contribution in [2.45, 2.75) is 18.9 Å². The van der Waals surface area contributed by atoms with Crippen LogP contribution in [0.15, 0.2) is 0 Å². The minimum atomic E-state index is -2.44. The van der Waals surface area contributed by atoms with E-state index in [1.54, 1.807) is 21.3 Å². The van der Waals surface area contributed by atoms with E-state index >= 15 is 0 Å². The second kappa shape index (κ2) is 8.99. The first-order valence-electron chi connectivity index (χ1n) is 4.91. The molecule has 0 aromatic carbocycles. The van der Waals surface area contributed by atoms with Gasteiger partial charge in [0.05, 0.1) is 6.61 Å². The standard InChI is InChI=1S/C9H20O5Si/c1-11-15(12-2,13-3)9-5-8-14-7-4-6-10/h6H,4-5,7-9H2,1-3H3. The van der Waals surface area contributed by atoms with E-state index in [-0.39, 0.29) is 0 Å². The summed E-state index contributed by atoms with van der Waals surface area (Å²) in [7, 11) is 2.33. The summed E-state index contributed by atoms with van der Waals surface area (Å²) in [5.74, 6) is 0. The normalized spacial score (nSPS) is 11.7. The topological polar surface area (TPSA) is 54.0 Å². The zero-order valence-corrected chi connectivity index (χ0v) is 10.7. The van der Waals surface area contributed by atoms with Gasteiger partial charge >= 0.3 is 8.80 Å². The van der Waals surface area contributed by atoms with Crippen molar-refractivity contribution in [3.63, 3.8) is 0 Å². The van der Waals surface area contributed by atoms with Crippen molar-refractivity contribution in [1.29, 1.82) is 0 Å². The highest BCUT2D eigenvalue weighted by molar-refractivity contribution is 6.60. The SMILES string of the molecule is CO[Si](CCCOCCC=O)(OC)OC. The van der Waals surface area contributed by atoms with E-state index in [1.807, 2.05) is 0 Å². The molecule has 0 atom stereocenters. The fourth-order valence-electron chi connectivity index (χ4n) is 1.18. The quantitative estimate of drug-likeness (QED) is 0.320. The molecule has 0 heterocycles. The maximum atomic E-state index is 10.0. The summed E-state index contributed by atoms with van der Waals surface area (Å²) in [6, 6.07) is 0.720. The first kappa shape index (κ1) is 14.7. The van der Waals surface area contributed by atoms with Crippen molar-refractivity contribution < 1.29 is 22.8 Å². The van der Waals surface area contributed by atoms with E-state index in [4.69, 9.17) is 18.0 Å². The van der Waals surface area contributed by atoms with Gasteiger partial charge in [0.15, 0.2) is 0 Å². The average molecular weight is 236 g/mol. The van der Waals surface area contributed by atoms with Crippen LogP contribution in [-0.4, -0.2) is 49.6 Å². The van der Waals surface area contributed by atoms with E-state index in [9.17, 15) is 4.79 Å². The van der Waals surface area contributed by atoms with Gasteiger partial charge in [0.1, 0.15) is 6.29 Å². The van der Waals surface area contributed by atoms with Gasteiger partial charge in [-0.15, -0.1) is 0 Å². The molecule has 0 aliphatic rings. The molecule has 0 aliphatic carbocycles. The molecule has 0 spiro atoms. The molecule has 5 nitrogen and oxygen atoms in total. The van der Waals surface area contributed by atoms with Crippen LogP contribution >= 0.6 is 0 Å². The van der Waals surface area contributed by atoms with Crippen LogP contribution in [0.4, 0.5) is 0 Å². The first-order valence-corrected chi connectivity index (χ1v) is 6.84. The number of carbonyl (C=O) groups excluding carboxylic acids is 1. The number of ether oxygens (including phenoxy) is 1. The van der Waals surface area contributed by atoms with Crippen molar-refractivity contribution >= 4 is 15.1 Å². The second-order valence-electron chi connectivity index (χ2n) is 2.97. The van der Waals surface area contributed by atoms with E-state index in [0.717, 1.165) is 18.8 Å².